The maximum absolute atomic E-state index is 12.1. The van der Waals surface area contributed by atoms with Crippen LogP contribution in [-0.2, 0) is 9.53 Å². The van der Waals surface area contributed by atoms with Gasteiger partial charge in [-0.1, -0.05) is 19.1 Å². The molecule has 1 saturated heterocycles. The van der Waals surface area contributed by atoms with Crippen LogP contribution < -0.4 is 0 Å². The van der Waals surface area contributed by atoms with Gasteiger partial charge < -0.3 is 9.64 Å². The van der Waals surface area contributed by atoms with Gasteiger partial charge in [0.25, 0.3) is 11.6 Å². The minimum atomic E-state index is -0.848. The van der Waals surface area contributed by atoms with Gasteiger partial charge in [0.05, 0.1) is 4.92 Å². The average Bonchev–Trinajstić information content (AvgIpc) is 2.51. The average molecular weight is 320 g/mol. The van der Waals surface area contributed by atoms with Gasteiger partial charge in [-0.05, 0) is 31.7 Å². The third-order valence-corrected chi connectivity index (χ3v) is 3.98. The molecule has 1 aromatic rings. The van der Waals surface area contributed by atoms with Crippen LogP contribution in [0.4, 0.5) is 5.69 Å². The third kappa shape index (κ3) is 4.06. The van der Waals surface area contributed by atoms with E-state index in [1.165, 1.54) is 6.07 Å². The standard InChI is InChI=1S/C16H20N2O5/c1-11-5-4-8-17(9-11)14(19)10-23-16(20)13-7-3-6-12(2)15(13)18(21)22/h3,6-7,11H,4-5,8-10H2,1-2H3. The van der Waals surface area contributed by atoms with Gasteiger partial charge in [0.15, 0.2) is 6.61 Å². The summed E-state index contributed by atoms with van der Waals surface area (Å²) in [5, 5.41) is 11.1. The molecule has 1 atom stereocenters. The summed E-state index contributed by atoms with van der Waals surface area (Å²) in [5.41, 5.74) is -0.0352. The molecule has 23 heavy (non-hydrogen) atoms. The van der Waals surface area contributed by atoms with E-state index in [4.69, 9.17) is 4.74 Å². The predicted octanol–water partition coefficient (Wildman–Crippen LogP) is 2.32. The smallest absolute Gasteiger partial charge is 0.345 e. The molecule has 0 aromatic heterocycles. The number of carbonyl (C=O) groups excluding carboxylic acids is 2. The number of rotatable bonds is 4. The van der Waals surface area contributed by atoms with Crippen molar-refractivity contribution in [1.82, 2.24) is 4.90 Å². The Morgan fingerprint density at radius 3 is 2.83 bits per heavy atom. The van der Waals surface area contributed by atoms with Crippen LogP contribution in [0.25, 0.3) is 0 Å². The van der Waals surface area contributed by atoms with Crippen molar-refractivity contribution in [3.8, 4) is 0 Å². The van der Waals surface area contributed by atoms with Crippen LogP contribution in [0.2, 0.25) is 0 Å². The zero-order valence-electron chi connectivity index (χ0n) is 13.3. The number of carbonyl (C=O) groups is 2. The van der Waals surface area contributed by atoms with E-state index < -0.39 is 17.5 Å². The second kappa shape index (κ2) is 7.21. The van der Waals surface area contributed by atoms with Gasteiger partial charge in [-0.2, -0.15) is 0 Å². The van der Waals surface area contributed by atoms with E-state index in [0.29, 0.717) is 24.6 Å². The SMILES string of the molecule is Cc1cccc(C(=O)OCC(=O)N2CCCC(C)C2)c1[N+](=O)[O-]. The molecule has 1 aliphatic rings. The number of esters is 1. The molecule has 1 unspecified atom stereocenters. The monoisotopic (exact) mass is 320 g/mol. The van der Waals surface area contributed by atoms with Gasteiger partial charge in [0.2, 0.25) is 0 Å². The number of aryl methyl sites for hydroxylation is 1. The van der Waals surface area contributed by atoms with Crippen molar-refractivity contribution < 1.29 is 19.2 Å². The Labute approximate surface area is 134 Å². The normalized spacial score (nSPS) is 17.7. The van der Waals surface area contributed by atoms with Crippen molar-refractivity contribution in [3.05, 3.63) is 39.4 Å². The van der Waals surface area contributed by atoms with Crippen LogP contribution in [0.3, 0.4) is 0 Å². The summed E-state index contributed by atoms with van der Waals surface area (Å²) in [6, 6.07) is 4.43. The van der Waals surface area contributed by atoms with Gasteiger partial charge in [0, 0.05) is 18.7 Å². The molecule has 1 aliphatic heterocycles. The number of amides is 1. The lowest BCUT2D eigenvalue weighted by molar-refractivity contribution is -0.385. The molecule has 1 aromatic carbocycles. The molecule has 7 nitrogen and oxygen atoms in total. The number of ether oxygens (including phenoxy) is 1. The fraction of sp³-hybridized carbons (Fsp3) is 0.500. The lowest BCUT2D eigenvalue weighted by atomic mass is 10.0. The molecule has 1 fully saturated rings. The molecule has 0 saturated carbocycles. The van der Waals surface area contributed by atoms with E-state index >= 15 is 0 Å². The number of nitrogens with zero attached hydrogens (tertiary/aromatic N) is 2. The lowest BCUT2D eigenvalue weighted by Crippen LogP contribution is -2.41. The molecule has 7 heteroatoms. The Morgan fingerprint density at radius 1 is 1.43 bits per heavy atom. The summed E-state index contributed by atoms with van der Waals surface area (Å²) in [5.74, 6) is -0.680. The van der Waals surface area contributed by atoms with E-state index in [9.17, 15) is 19.7 Å². The van der Waals surface area contributed by atoms with Gasteiger partial charge in [-0.25, -0.2) is 4.79 Å². The quantitative estimate of drug-likeness (QED) is 0.482. The van der Waals surface area contributed by atoms with E-state index in [1.807, 2.05) is 0 Å². The number of benzene rings is 1. The number of hydrogen-bond acceptors (Lipinski definition) is 5. The van der Waals surface area contributed by atoms with Gasteiger partial charge in [-0.3, -0.25) is 14.9 Å². The molecule has 0 aliphatic carbocycles. The highest BCUT2D eigenvalue weighted by atomic mass is 16.6. The van der Waals surface area contributed by atoms with E-state index in [-0.39, 0.29) is 17.2 Å². The van der Waals surface area contributed by atoms with E-state index in [2.05, 4.69) is 6.92 Å². The molecule has 2 rings (SSSR count). The highest BCUT2D eigenvalue weighted by Crippen LogP contribution is 2.23. The first-order chi connectivity index (χ1) is 10.9. The molecule has 0 N–H and O–H groups in total. The fourth-order valence-corrected chi connectivity index (χ4v) is 2.78. The topological polar surface area (TPSA) is 89.8 Å². The minimum absolute atomic E-state index is 0.130. The van der Waals surface area contributed by atoms with Crippen molar-refractivity contribution >= 4 is 17.6 Å². The largest absolute Gasteiger partial charge is 0.452 e. The van der Waals surface area contributed by atoms with Crippen LogP contribution in [0.1, 0.15) is 35.7 Å². The van der Waals surface area contributed by atoms with Gasteiger partial charge in [-0.15, -0.1) is 0 Å². The number of piperidine rings is 1. The second-order valence-corrected chi connectivity index (χ2v) is 5.89. The van der Waals surface area contributed by atoms with Crippen molar-refractivity contribution in [1.29, 1.82) is 0 Å². The van der Waals surface area contributed by atoms with Crippen molar-refractivity contribution in [3.63, 3.8) is 0 Å². The maximum atomic E-state index is 12.1. The molecule has 1 amide bonds. The Balaban J connectivity index is 2.01. The molecule has 0 bridgehead atoms. The summed E-state index contributed by atoms with van der Waals surface area (Å²) in [4.78, 5) is 36.3. The number of hydrogen-bond donors (Lipinski definition) is 0. The second-order valence-electron chi connectivity index (χ2n) is 5.89. The maximum Gasteiger partial charge on any atom is 0.345 e. The number of para-hydroxylation sites is 1. The van der Waals surface area contributed by atoms with Crippen LogP contribution in [0.5, 0.6) is 0 Å². The van der Waals surface area contributed by atoms with E-state index in [1.54, 1.807) is 24.0 Å². The zero-order chi connectivity index (χ0) is 17.0. The lowest BCUT2D eigenvalue weighted by Gasteiger charge is -2.30. The summed E-state index contributed by atoms with van der Waals surface area (Å²) >= 11 is 0. The first kappa shape index (κ1) is 16.9. The number of likely N-dealkylation sites (tertiary alicyclic amines) is 1. The molecule has 0 radical (unpaired) electrons. The minimum Gasteiger partial charge on any atom is -0.452 e. The Morgan fingerprint density at radius 2 is 2.17 bits per heavy atom. The van der Waals surface area contributed by atoms with Crippen LogP contribution >= 0.6 is 0 Å². The van der Waals surface area contributed by atoms with Crippen LogP contribution in [0.15, 0.2) is 18.2 Å². The summed E-state index contributed by atoms with van der Waals surface area (Å²) < 4.78 is 4.99. The molecular weight excluding hydrogens is 300 g/mol. The summed E-state index contributed by atoms with van der Waals surface area (Å²) in [6.07, 6.45) is 2.02. The summed E-state index contributed by atoms with van der Waals surface area (Å²) in [6.45, 7) is 4.54. The zero-order valence-corrected chi connectivity index (χ0v) is 13.3. The first-order valence-corrected chi connectivity index (χ1v) is 7.59. The van der Waals surface area contributed by atoms with Crippen molar-refractivity contribution in [2.24, 2.45) is 5.92 Å². The Bertz CT molecular complexity index is 629. The van der Waals surface area contributed by atoms with Gasteiger partial charge in [0.1, 0.15) is 5.56 Å². The Kier molecular flexibility index (Phi) is 5.31. The third-order valence-electron chi connectivity index (χ3n) is 3.98. The molecule has 1 heterocycles. The van der Waals surface area contributed by atoms with E-state index in [0.717, 1.165) is 12.8 Å². The van der Waals surface area contributed by atoms with Gasteiger partial charge >= 0.3 is 5.97 Å². The highest BCUT2D eigenvalue weighted by Gasteiger charge is 2.26. The Hall–Kier alpha value is -2.44. The fourth-order valence-electron chi connectivity index (χ4n) is 2.78. The molecular formula is C16H20N2O5. The van der Waals surface area contributed by atoms with Crippen LogP contribution in [-0.4, -0.2) is 41.4 Å². The summed E-state index contributed by atoms with van der Waals surface area (Å²) in [7, 11) is 0. The number of nitro benzene ring substituents is 1. The first-order valence-electron chi connectivity index (χ1n) is 7.59. The predicted molar refractivity (Wildman–Crippen MR) is 83.1 cm³/mol. The number of nitro groups is 1. The van der Waals surface area contributed by atoms with Crippen LogP contribution in [0, 0.1) is 23.0 Å². The van der Waals surface area contributed by atoms with Crippen molar-refractivity contribution in [2.75, 3.05) is 19.7 Å². The van der Waals surface area contributed by atoms with Crippen molar-refractivity contribution in [2.45, 2.75) is 26.7 Å². The molecule has 124 valence electrons. The molecule has 0 spiro atoms. The highest BCUT2D eigenvalue weighted by molar-refractivity contribution is 5.95.